The number of aromatic amines is 1. The van der Waals surface area contributed by atoms with Crippen LogP contribution in [0, 0.1) is 0 Å². The molecule has 1 aromatic heterocycles. The van der Waals surface area contributed by atoms with Crippen molar-refractivity contribution in [1.29, 1.82) is 0 Å². The molecule has 98 valence electrons. The van der Waals surface area contributed by atoms with Crippen molar-refractivity contribution >= 4 is 11.6 Å². The van der Waals surface area contributed by atoms with Gasteiger partial charge in [-0.3, -0.25) is 4.79 Å². The third-order valence-electron chi connectivity index (χ3n) is 2.98. The van der Waals surface area contributed by atoms with Crippen LogP contribution in [0.4, 0.5) is 0 Å². The standard InChI is InChI=1S/C16H11ClN2O/c17-14-13(11-7-3-1-4-8-11)16(20)19-15(18-14)12-9-5-2-6-10-12/h1-10H,(H,18,19,20). The highest BCUT2D eigenvalue weighted by Crippen LogP contribution is 2.24. The molecule has 0 unspecified atom stereocenters. The topological polar surface area (TPSA) is 45.8 Å². The quantitative estimate of drug-likeness (QED) is 0.728. The number of rotatable bonds is 2. The van der Waals surface area contributed by atoms with Crippen LogP contribution in [0.2, 0.25) is 5.15 Å². The molecule has 0 spiro atoms. The first-order valence-corrected chi connectivity index (χ1v) is 6.54. The zero-order chi connectivity index (χ0) is 13.9. The van der Waals surface area contributed by atoms with Gasteiger partial charge < -0.3 is 4.98 Å². The zero-order valence-electron chi connectivity index (χ0n) is 10.5. The summed E-state index contributed by atoms with van der Waals surface area (Å²) in [6, 6.07) is 18.7. The number of halogens is 1. The van der Waals surface area contributed by atoms with Crippen molar-refractivity contribution in [2.24, 2.45) is 0 Å². The van der Waals surface area contributed by atoms with Gasteiger partial charge in [0.2, 0.25) is 0 Å². The average Bonchev–Trinajstić information content (AvgIpc) is 2.48. The summed E-state index contributed by atoms with van der Waals surface area (Å²) in [7, 11) is 0. The van der Waals surface area contributed by atoms with E-state index in [1.807, 2.05) is 60.7 Å². The molecule has 0 aliphatic heterocycles. The van der Waals surface area contributed by atoms with E-state index in [1.165, 1.54) is 0 Å². The Kier molecular flexibility index (Phi) is 3.35. The molecule has 0 amide bonds. The fourth-order valence-corrected chi connectivity index (χ4v) is 2.31. The Bertz CT molecular complexity index is 783. The lowest BCUT2D eigenvalue weighted by atomic mass is 10.1. The van der Waals surface area contributed by atoms with Crippen LogP contribution in [0.25, 0.3) is 22.5 Å². The summed E-state index contributed by atoms with van der Waals surface area (Å²) in [4.78, 5) is 19.3. The van der Waals surface area contributed by atoms with Crippen LogP contribution in [0.1, 0.15) is 0 Å². The first-order valence-electron chi connectivity index (χ1n) is 6.16. The molecule has 3 rings (SSSR count). The fraction of sp³-hybridized carbons (Fsp3) is 0. The predicted molar refractivity (Wildman–Crippen MR) is 80.7 cm³/mol. The van der Waals surface area contributed by atoms with Crippen LogP contribution in [0.5, 0.6) is 0 Å². The summed E-state index contributed by atoms with van der Waals surface area (Å²) < 4.78 is 0. The number of aromatic nitrogens is 2. The molecule has 0 bridgehead atoms. The number of hydrogen-bond donors (Lipinski definition) is 1. The minimum Gasteiger partial charge on any atom is -0.306 e. The molecule has 20 heavy (non-hydrogen) atoms. The molecule has 0 aliphatic rings. The maximum Gasteiger partial charge on any atom is 0.260 e. The van der Waals surface area contributed by atoms with Crippen molar-refractivity contribution in [2.75, 3.05) is 0 Å². The maximum atomic E-state index is 12.3. The molecule has 0 aliphatic carbocycles. The summed E-state index contributed by atoms with van der Waals surface area (Å²) in [6.45, 7) is 0. The van der Waals surface area contributed by atoms with E-state index in [4.69, 9.17) is 11.6 Å². The van der Waals surface area contributed by atoms with Crippen LogP contribution >= 0.6 is 11.6 Å². The monoisotopic (exact) mass is 282 g/mol. The average molecular weight is 283 g/mol. The number of nitrogens with one attached hydrogen (secondary N) is 1. The number of H-pyrrole nitrogens is 1. The summed E-state index contributed by atoms with van der Waals surface area (Å²) in [5.41, 5.74) is 1.74. The minimum atomic E-state index is -0.241. The Labute approximate surface area is 120 Å². The van der Waals surface area contributed by atoms with Gasteiger partial charge in [0.05, 0.1) is 5.56 Å². The highest BCUT2D eigenvalue weighted by molar-refractivity contribution is 6.32. The summed E-state index contributed by atoms with van der Waals surface area (Å²) >= 11 is 6.19. The van der Waals surface area contributed by atoms with E-state index in [9.17, 15) is 4.79 Å². The third-order valence-corrected chi connectivity index (χ3v) is 3.26. The number of benzene rings is 2. The molecule has 0 radical (unpaired) electrons. The SMILES string of the molecule is O=c1[nH]c(-c2ccccc2)nc(Cl)c1-c1ccccc1. The molecule has 0 saturated carbocycles. The van der Waals surface area contributed by atoms with Crippen LogP contribution in [-0.2, 0) is 0 Å². The van der Waals surface area contributed by atoms with E-state index in [0.29, 0.717) is 11.4 Å². The maximum absolute atomic E-state index is 12.3. The largest absolute Gasteiger partial charge is 0.306 e. The van der Waals surface area contributed by atoms with Crippen molar-refractivity contribution in [3.8, 4) is 22.5 Å². The minimum absolute atomic E-state index is 0.207. The Balaban J connectivity index is 2.16. The molecule has 0 atom stereocenters. The van der Waals surface area contributed by atoms with Crippen LogP contribution in [0.15, 0.2) is 65.5 Å². The zero-order valence-corrected chi connectivity index (χ0v) is 11.3. The Morgan fingerprint density at radius 3 is 1.95 bits per heavy atom. The molecule has 1 heterocycles. The van der Waals surface area contributed by atoms with Crippen LogP contribution in [-0.4, -0.2) is 9.97 Å². The molecule has 2 aromatic carbocycles. The van der Waals surface area contributed by atoms with Gasteiger partial charge in [-0.1, -0.05) is 72.3 Å². The molecule has 4 heteroatoms. The van der Waals surface area contributed by atoms with E-state index < -0.39 is 0 Å². The summed E-state index contributed by atoms with van der Waals surface area (Å²) in [5.74, 6) is 0.472. The van der Waals surface area contributed by atoms with Gasteiger partial charge in [0.1, 0.15) is 11.0 Å². The molecule has 0 saturated heterocycles. The van der Waals surface area contributed by atoms with Crippen molar-refractivity contribution in [3.63, 3.8) is 0 Å². The van der Waals surface area contributed by atoms with Gasteiger partial charge in [0, 0.05) is 5.56 Å². The Morgan fingerprint density at radius 2 is 1.40 bits per heavy atom. The normalized spacial score (nSPS) is 10.4. The van der Waals surface area contributed by atoms with Crippen LogP contribution < -0.4 is 5.56 Å². The fourth-order valence-electron chi connectivity index (χ4n) is 2.03. The van der Waals surface area contributed by atoms with Gasteiger partial charge in [-0.05, 0) is 5.56 Å². The lowest BCUT2D eigenvalue weighted by molar-refractivity contribution is 1.13. The third kappa shape index (κ3) is 2.36. The molecular weight excluding hydrogens is 272 g/mol. The smallest absolute Gasteiger partial charge is 0.260 e. The Hall–Kier alpha value is -2.39. The van der Waals surface area contributed by atoms with Gasteiger partial charge in [0.25, 0.3) is 5.56 Å². The number of hydrogen-bond acceptors (Lipinski definition) is 2. The summed E-state index contributed by atoms with van der Waals surface area (Å²) in [6.07, 6.45) is 0. The second-order valence-electron chi connectivity index (χ2n) is 4.31. The van der Waals surface area contributed by atoms with Crippen molar-refractivity contribution < 1.29 is 0 Å². The van der Waals surface area contributed by atoms with Crippen molar-refractivity contribution in [2.45, 2.75) is 0 Å². The van der Waals surface area contributed by atoms with E-state index in [0.717, 1.165) is 11.1 Å². The Morgan fingerprint density at radius 1 is 0.850 bits per heavy atom. The molecule has 3 aromatic rings. The van der Waals surface area contributed by atoms with Crippen molar-refractivity contribution in [1.82, 2.24) is 9.97 Å². The van der Waals surface area contributed by atoms with E-state index in [-0.39, 0.29) is 10.7 Å². The van der Waals surface area contributed by atoms with Crippen molar-refractivity contribution in [3.05, 3.63) is 76.2 Å². The van der Waals surface area contributed by atoms with Crippen LogP contribution in [0.3, 0.4) is 0 Å². The van der Waals surface area contributed by atoms with E-state index in [2.05, 4.69) is 9.97 Å². The second-order valence-corrected chi connectivity index (χ2v) is 4.67. The van der Waals surface area contributed by atoms with E-state index >= 15 is 0 Å². The second kappa shape index (κ2) is 5.31. The van der Waals surface area contributed by atoms with E-state index in [1.54, 1.807) is 0 Å². The number of nitrogens with zero attached hydrogens (tertiary/aromatic N) is 1. The van der Waals surface area contributed by atoms with Gasteiger partial charge in [-0.15, -0.1) is 0 Å². The highest BCUT2D eigenvalue weighted by Gasteiger charge is 2.12. The van der Waals surface area contributed by atoms with Gasteiger partial charge in [-0.2, -0.15) is 0 Å². The molecule has 1 N–H and O–H groups in total. The lowest BCUT2D eigenvalue weighted by Crippen LogP contribution is -2.12. The lowest BCUT2D eigenvalue weighted by Gasteiger charge is -2.06. The molecular formula is C16H11ClN2O. The highest BCUT2D eigenvalue weighted by atomic mass is 35.5. The first-order chi connectivity index (χ1) is 9.75. The van der Waals surface area contributed by atoms with Gasteiger partial charge >= 0.3 is 0 Å². The molecule has 0 fully saturated rings. The molecule has 3 nitrogen and oxygen atoms in total. The predicted octanol–water partition coefficient (Wildman–Crippen LogP) is 3.76. The summed E-state index contributed by atoms with van der Waals surface area (Å²) in [5, 5.41) is 0.207. The van der Waals surface area contributed by atoms with Gasteiger partial charge in [-0.25, -0.2) is 4.98 Å². The first kappa shape index (κ1) is 12.6. The van der Waals surface area contributed by atoms with Gasteiger partial charge in [0.15, 0.2) is 0 Å².